The normalized spacial score (nSPS) is 15.3. The summed E-state index contributed by atoms with van der Waals surface area (Å²) in [6, 6.07) is 1.94. The minimum Gasteiger partial charge on any atom is -0.340 e. The molecule has 0 spiro atoms. The average molecular weight is 334 g/mol. The molecular formula is C16H22N4O2S. The van der Waals surface area contributed by atoms with Gasteiger partial charge in [-0.05, 0) is 18.9 Å². The second kappa shape index (κ2) is 7.23. The molecule has 1 N–H and O–H groups in total. The molecular weight excluding hydrogens is 312 g/mol. The van der Waals surface area contributed by atoms with Gasteiger partial charge in [-0.2, -0.15) is 0 Å². The molecule has 2 aromatic heterocycles. The first kappa shape index (κ1) is 16.1. The number of aromatic nitrogens is 2. The fourth-order valence-corrected chi connectivity index (χ4v) is 3.74. The van der Waals surface area contributed by atoms with Crippen LogP contribution in [0.15, 0.2) is 17.2 Å². The zero-order chi connectivity index (χ0) is 16.2. The summed E-state index contributed by atoms with van der Waals surface area (Å²) in [5.74, 6) is 0.178. The van der Waals surface area contributed by atoms with Gasteiger partial charge in [-0.3, -0.25) is 14.2 Å². The molecule has 6 nitrogen and oxygen atoms in total. The molecule has 3 rings (SSSR count). The van der Waals surface area contributed by atoms with Crippen LogP contribution in [-0.2, 0) is 17.8 Å². The summed E-state index contributed by atoms with van der Waals surface area (Å²) in [6.45, 7) is 5.90. The van der Waals surface area contributed by atoms with Gasteiger partial charge in [0.15, 0.2) is 0 Å². The van der Waals surface area contributed by atoms with Crippen molar-refractivity contribution in [2.75, 3.05) is 26.2 Å². The van der Waals surface area contributed by atoms with Gasteiger partial charge < -0.3 is 10.2 Å². The van der Waals surface area contributed by atoms with Crippen LogP contribution in [0.1, 0.15) is 24.6 Å². The second-order valence-corrected chi connectivity index (χ2v) is 6.88. The van der Waals surface area contributed by atoms with Gasteiger partial charge in [0.25, 0.3) is 5.56 Å². The maximum Gasteiger partial charge on any atom is 0.262 e. The summed E-state index contributed by atoms with van der Waals surface area (Å²) in [5, 5.41) is 3.93. The maximum atomic E-state index is 12.5. The Morgan fingerprint density at radius 3 is 2.91 bits per heavy atom. The molecule has 1 aliphatic heterocycles. The molecule has 1 saturated heterocycles. The Labute approximate surface area is 139 Å². The number of thiophene rings is 1. The van der Waals surface area contributed by atoms with Crippen LogP contribution in [0, 0.1) is 0 Å². The third kappa shape index (κ3) is 3.61. The van der Waals surface area contributed by atoms with Crippen molar-refractivity contribution in [3.63, 3.8) is 0 Å². The first-order valence-electron chi connectivity index (χ1n) is 8.15. The van der Waals surface area contributed by atoms with Crippen LogP contribution in [0.3, 0.4) is 0 Å². The Balaban J connectivity index is 1.61. The van der Waals surface area contributed by atoms with Crippen LogP contribution in [0.2, 0.25) is 0 Å². The predicted molar refractivity (Wildman–Crippen MR) is 91.9 cm³/mol. The third-order valence-corrected chi connectivity index (χ3v) is 5.36. The van der Waals surface area contributed by atoms with Gasteiger partial charge in [-0.25, -0.2) is 4.98 Å². The molecule has 0 aliphatic carbocycles. The van der Waals surface area contributed by atoms with Gasteiger partial charge in [-0.15, -0.1) is 11.3 Å². The van der Waals surface area contributed by atoms with Crippen LogP contribution in [0.25, 0.3) is 10.2 Å². The average Bonchev–Trinajstić information content (AvgIpc) is 3.02. The van der Waals surface area contributed by atoms with Gasteiger partial charge in [0.05, 0.1) is 11.7 Å². The molecule has 0 atom stereocenters. The zero-order valence-electron chi connectivity index (χ0n) is 13.4. The first-order chi connectivity index (χ1) is 11.2. The minimum absolute atomic E-state index is 0.000529. The highest BCUT2D eigenvalue weighted by atomic mass is 32.1. The van der Waals surface area contributed by atoms with Crippen molar-refractivity contribution in [2.24, 2.45) is 0 Å². The van der Waals surface area contributed by atoms with Gasteiger partial charge >= 0.3 is 0 Å². The van der Waals surface area contributed by atoms with Crippen molar-refractivity contribution in [3.8, 4) is 0 Å². The van der Waals surface area contributed by atoms with Crippen LogP contribution < -0.4 is 10.9 Å². The van der Waals surface area contributed by atoms with E-state index >= 15 is 0 Å². The number of piperazine rings is 1. The number of carbonyl (C=O) groups is 1. The lowest BCUT2D eigenvalue weighted by molar-refractivity contribution is -0.131. The Kier molecular flexibility index (Phi) is 5.07. The van der Waals surface area contributed by atoms with Crippen LogP contribution >= 0.6 is 11.3 Å². The van der Waals surface area contributed by atoms with E-state index in [9.17, 15) is 9.59 Å². The minimum atomic E-state index is 0.000529. The molecule has 0 saturated carbocycles. The van der Waals surface area contributed by atoms with Crippen molar-refractivity contribution < 1.29 is 4.79 Å². The molecule has 1 amide bonds. The molecule has 124 valence electrons. The van der Waals surface area contributed by atoms with Gasteiger partial charge in [0.2, 0.25) is 5.91 Å². The number of hydrogen-bond acceptors (Lipinski definition) is 5. The summed E-state index contributed by atoms with van der Waals surface area (Å²) in [6.07, 6.45) is 3.67. The summed E-state index contributed by atoms with van der Waals surface area (Å²) in [7, 11) is 0. The molecule has 0 bridgehead atoms. The van der Waals surface area contributed by atoms with Gasteiger partial charge in [0.1, 0.15) is 4.83 Å². The highest BCUT2D eigenvalue weighted by molar-refractivity contribution is 7.18. The number of fused-ring (bicyclic) bond motifs is 1. The lowest BCUT2D eigenvalue weighted by Crippen LogP contribution is -2.46. The predicted octanol–water partition coefficient (Wildman–Crippen LogP) is 1.23. The van der Waals surface area contributed by atoms with E-state index in [0.29, 0.717) is 24.8 Å². The van der Waals surface area contributed by atoms with Crippen molar-refractivity contribution in [1.82, 2.24) is 19.8 Å². The first-order valence-corrected chi connectivity index (χ1v) is 8.97. The highest BCUT2D eigenvalue weighted by Gasteiger charge is 2.15. The summed E-state index contributed by atoms with van der Waals surface area (Å²) >= 11 is 1.58. The van der Waals surface area contributed by atoms with E-state index in [1.165, 1.54) is 4.88 Å². The van der Waals surface area contributed by atoms with E-state index in [-0.39, 0.29) is 11.5 Å². The summed E-state index contributed by atoms with van der Waals surface area (Å²) in [4.78, 5) is 32.8. The van der Waals surface area contributed by atoms with Crippen molar-refractivity contribution in [2.45, 2.75) is 32.7 Å². The summed E-state index contributed by atoms with van der Waals surface area (Å²) < 4.78 is 1.62. The molecule has 0 aromatic carbocycles. The molecule has 3 heterocycles. The van der Waals surface area contributed by atoms with E-state index in [1.54, 1.807) is 22.2 Å². The van der Waals surface area contributed by atoms with Crippen molar-refractivity contribution in [3.05, 3.63) is 27.6 Å². The molecule has 1 aliphatic rings. The highest BCUT2D eigenvalue weighted by Crippen LogP contribution is 2.21. The number of nitrogens with zero attached hydrogens (tertiary/aromatic N) is 3. The van der Waals surface area contributed by atoms with E-state index in [2.05, 4.69) is 17.2 Å². The largest absolute Gasteiger partial charge is 0.340 e. The van der Waals surface area contributed by atoms with Crippen molar-refractivity contribution in [1.29, 1.82) is 0 Å². The van der Waals surface area contributed by atoms with E-state index in [4.69, 9.17) is 0 Å². The topological polar surface area (TPSA) is 67.2 Å². The maximum absolute atomic E-state index is 12.5. The molecule has 7 heteroatoms. The number of carbonyl (C=O) groups excluding carboxylic acids is 1. The number of rotatable bonds is 5. The Morgan fingerprint density at radius 2 is 2.17 bits per heavy atom. The number of hydrogen-bond donors (Lipinski definition) is 1. The zero-order valence-corrected chi connectivity index (χ0v) is 14.2. The van der Waals surface area contributed by atoms with E-state index in [1.807, 2.05) is 11.0 Å². The monoisotopic (exact) mass is 334 g/mol. The van der Waals surface area contributed by atoms with Gasteiger partial charge in [0, 0.05) is 44.0 Å². The smallest absolute Gasteiger partial charge is 0.262 e. The van der Waals surface area contributed by atoms with E-state index < -0.39 is 0 Å². The quantitative estimate of drug-likeness (QED) is 0.893. The van der Waals surface area contributed by atoms with Crippen LogP contribution in [-0.4, -0.2) is 46.5 Å². The fraction of sp³-hybridized carbons (Fsp3) is 0.562. The molecule has 0 radical (unpaired) electrons. The number of amides is 1. The molecule has 2 aromatic rings. The summed E-state index contributed by atoms with van der Waals surface area (Å²) in [5.41, 5.74) is 0.000529. The SMILES string of the molecule is CCc1cc2c(=O)n(CCCC(=O)N3CCNCC3)cnc2s1. The lowest BCUT2D eigenvalue weighted by atomic mass is 10.2. The molecule has 1 fully saturated rings. The van der Waals surface area contributed by atoms with Crippen LogP contribution in [0.4, 0.5) is 0 Å². The molecule has 23 heavy (non-hydrogen) atoms. The third-order valence-electron chi connectivity index (χ3n) is 4.18. The van der Waals surface area contributed by atoms with Crippen molar-refractivity contribution >= 4 is 27.5 Å². The van der Waals surface area contributed by atoms with E-state index in [0.717, 1.165) is 37.4 Å². The number of nitrogens with one attached hydrogen (secondary N) is 1. The van der Waals surface area contributed by atoms with Gasteiger partial charge in [-0.1, -0.05) is 6.92 Å². The standard InChI is InChI=1S/C16H22N4O2S/c1-2-12-10-13-15(23-12)18-11-20(16(13)22)7-3-4-14(21)19-8-5-17-6-9-19/h10-11,17H,2-9H2,1H3. The number of aryl methyl sites for hydroxylation is 2. The Bertz CT molecular complexity index is 746. The Morgan fingerprint density at radius 1 is 1.39 bits per heavy atom. The lowest BCUT2D eigenvalue weighted by Gasteiger charge is -2.27. The fourth-order valence-electron chi connectivity index (χ4n) is 2.82. The Hall–Kier alpha value is -1.73. The van der Waals surface area contributed by atoms with Crippen LogP contribution in [0.5, 0.6) is 0 Å². The second-order valence-electron chi connectivity index (χ2n) is 5.76. The molecule has 0 unspecified atom stereocenters.